The minimum absolute atomic E-state index is 0.0334. The van der Waals surface area contributed by atoms with Gasteiger partial charge in [-0.15, -0.1) is 10.2 Å². The first-order valence-corrected chi connectivity index (χ1v) is 11.1. The molecule has 0 spiro atoms. The maximum Gasteiger partial charge on any atom is 0.277 e. The van der Waals surface area contributed by atoms with Crippen LogP contribution in [0.3, 0.4) is 0 Å². The first kappa shape index (κ1) is 18.9. The number of nitrogens with one attached hydrogen (secondary N) is 1. The molecule has 7 nitrogen and oxygen atoms in total. The van der Waals surface area contributed by atoms with E-state index in [1.165, 1.54) is 0 Å². The monoisotopic (exact) mass is 395 g/mol. The minimum atomic E-state index is -2.91. The van der Waals surface area contributed by atoms with E-state index in [1.807, 2.05) is 32.0 Å². The van der Waals surface area contributed by atoms with Crippen molar-refractivity contribution in [1.29, 1.82) is 0 Å². The number of benzene rings is 1. The third-order valence-corrected chi connectivity index (χ3v) is 6.88. The summed E-state index contributed by atoms with van der Waals surface area (Å²) in [5, 5.41) is 11.1. The van der Waals surface area contributed by atoms with Crippen molar-refractivity contribution in [2.24, 2.45) is 5.92 Å². The Labute approximate surface area is 156 Å². The number of thioether (sulfide) groups is 1. The molecule has 1 aromatic heterocycles. The maximum atomic E-state index is 12.1. The molecule has 1 N–H and O–H groups in total. The average molecular weight is 396 g/mol. The second-order valence-electron chi connectivity index (χ2n) is 6.59. The molecule has 1 atom stereocenters. The molecule has 0 saturated carbocycles. The predicted octanol–water partition coefficient (Wildman–Crippen LogP) is 2.39. The normalized spacial score (nSPS) is 18.8. The molecule has 0 aliphatic carbocycles. The summed E-state index contributed by atoms with van der Waals surface area (Å²) in [7, 11) is -2.91. The highest BCUT2D eigenvalue weighted by molar-refractivity contribution is 7.99. The second-order valence-corrected chi connectivity index (χ2v) is 9.75. The van der Waals surface area contributed by atoms with Crippen LogP contribution in [0.15, 0.2) is 27.8 Å². The Morgan fingerprint density at radius 3 is 2.85 bits per heavy atom. The predicted molar refractivity (Wildman–Crippen MR) is 100 cm³/mol. The Morgan fingerprint density at radius 2 is 2.15 bits per heavy atom. The molecule has 1 aliphatic heterocycles. The van der Waals surface area contributed by atoms with Crippen LogP contribution in [-0.4, -0.2) is 41.8 Å². The van der Waals surface area contributed by atoms with Crippen molar-refractivity contribution in [2.75, 3.05) is 22.6 Å². The molecule has 1 aliphatic rings. The number of rotatable bonds is 6. The Morgan fingerprint density at radius 1 is 1.35 bits per heavy atom. The molecule has 1 fully saturated rings. The number of hydrogen-bond donors (Lipinski definition) is 1. The number of hydrogen-bond acceptors (Lipinski definition) is 7. The van der Waals surface area contributed by atoms with Gasteiger partial charge in [-0.1, -0.05) is 29.5 Å². The number of sulfone groups is 1. The minimum Gasteiger partial charge on any atom is -0.416 e. The summed E-state index contributed by atoms with van der Waals surface area (Å²) in [5.41, 5.74) is 2.94. The summed E-state index contributed by atoms with van der Waals surface area (Å²) in [5.74, 6) is 0.869. The highest BCUT2D eigenvalue weighted by Crippen LogP contribution is 2.24. The van der Waals surface area contributed by atoms with Crippen LogP contribution in [-0.2, 0) is 21.1 Å². The molecule has 2 aromatic rings. The van der Waals surface area contributed by atoms with Gasteiger partial charge in [0.25, 0.3) is 5.22 Å². The van der Waals surface area contributed by atoms with E-state index in [0.717, 1.165) is 28.6 Å². The van der Waals surface area contributed by atoms with E-state index >= 15 is 0 Å². The number of carbonyl (C=O) groups is 1. The zero-order valence-corrected chi connectivity index (χ0v) is 16.3. The molecular formula is C17H21N3O4S2. The molecule has 0 radical (unpaired) electrons. The standard InChI is InChI=1S/C17H21N3O4S2/c1-11-3-4-14(12(2)7-11)18-15(21)9-25-17-20-19-16(24-17)8-13-5-6-26(22,23)10-13/h3-4,7,13H,5-6,8-10H2,1-2H3,(H,18,21)/t13-/m1/s1. The van der Waals surface area contributed by atoms with Gasteiger partial charge in [-0.25, -0.2) is 8.42 Å². The van der Waals surface area contributed by atoms with Crippen molar-refractivity contribution >= 4 is 33.2 Å². The van der Waals surface area contributed by atoms with Gasteiger partial charge in [-0.05, 0) is 37.8 Å². The zero-order valence-electron chi connectivity index (χ0n) is 14.7. The Bertz CT molecular complexity index is 908. The molecule has 1 saturated heterocycles. The summed E-state index contributed by atoms with van der Waals surface area (Å²) in [6.45, 7) is 3.95. The fraction of sp³-hybridized carbons (Fsp3) is 0.471. The van der Waals surface area contributed by atoms with Crippen molar-refractivity contribution in [3.05, 3.63) is 35.2 Å². The Hall–Kier alpha value is -1.87. The lowest BCUT2D eigenvalue weighted by molar-refractivity contribution is -0.113. The summed E-state index contributed by atoms with van der Waals surface area (Å²) in [6, 6.07) is 5.84. The third-order valence-electron chi connectivity index (χ3n) is 4.22. The van der Waals surface area contributed by atoms with Crippen LogP contribution in [0.25, 0.3) is 0 Å². The fourth-order valence-electron chi connectivity index (χ4n) is 2.93. The molecule has 1 amide bonds. The smallest absolute Gasteiger partial charge is 0.277 e. The summed E-state index contributed by atoms with van der Waals surface area (Å²) in [6.07, 6.45) is 1.09. The van der Waals surface area contributed by atoms with Crippen LogP contribution in [0.5, 0.6) is 0 Å². The van der Waals surface area contributed by atoms with Crippen molar-refractivity contribution in [2.45, 2.75) is 31.9 Å². The van der Waals surface area contributed by atoms with E-state index in [-0.39, 0.29) is 29.1 Å². The van der Waals surface area contributed by atoms with E-state index < -0.39 is 9.84 Å². The van der Waals surface area contributed by atoms with Gasteiger partial charge in [0.2, 0.25) is 11.8 Å². The lowest BCUT2D eigenvalue weighted by Crippen LogP contribution is -2.14. The van der Waals surface area contributed by atoms with Gasteiger partial charge in [-0.2, -0.15) is 0 Å². The van der Waals surface area contributed by atoms with Gasteiger partial charge in [0.15, 0.2) is 9.84 Å². The van der Waals surface area contributed by atoms with Crippen LogP contribution in [0, 0.1) is 19.8 Å². The molecular weight excluding hydrogens is 374 g/mol. The van der Waals surface area contributed by atoms with Crippen LogP contribution in [0.2, 0.25) is 0 Å². The molecule has 140 valence electrons. The number of carbonyl (C=O) groups excluding carboxylic acids is 1. The molecule has 2 heterocycles. The second kappa shape index (κ2) is 7.79. The highest BCUT2D eigenvalue weighted by atomic mass is 32.2. The van der Waals surface area contributed by atoms with Crippen LogP contribution in [0.1, 0.15) is 23.4 Å². The number of amides is 1. The summed E-state index contributed by atoms with van der Waals surface area (Å²) < 4.78 is 28.5. The Kier molecular flexibility index (Phi) is 5.67. The fourth-order valence-corrected chi connectivity index (χ4v) is 5.37. The summed E-state index contributed by atoms with van der Waals surface area (Å²) in [4.78, 5) is 12.1. The molecule has 3 rings (SSSR count). The van der Waals surface area contributed by atoms with Crippen LogP contribution < -0.4 is 5.32 Å². The first-order valence-electron chi connectivity index (χ1n) is 8.33. The largest absolute Gasteiger partial charge is 0.416 e. The lowest BCUT2D eigenvalue weighted by Gasteiger charge is -2.08. The SMILES string of the molecule is Cc1ccc(NC(=O)CSc2nnc(C[C@H]3CCS(=O)(=O)C3)o2)c(C)c1. The summed E-state index contributed by atoms with van der Waals surface area (Å²) >= 11 is 1.16. The molecule has 26 heavy (non-hydrogen) atoms. The van der Waals surface area contributed by atoms with E-state index in [2.05, 4.69) is 15.5 Å². The van der Waals surface area contributed by atoms with Crippen molar-refractivity contribution in [3.8, 4) is 0 Å². The van der Waals surface area contributed by atoms with E-state index in [0.29, 0.717) is 24.0 Å². The molecule has 0 bridgehead atoms. The van der Waals surface area contributed by atoms with Gasteiger partial charge < -0.3 is 9.73 Å². The number of aryl methyl sites for hydroxylation is 2. The number of anilines is 1. The average Bonchev–Trinajstić information content (AvgIpc) is 3.14. The van der Waals surface area contributed by atoms with Crippen LogP contribution >= 0.6 is 11.8 Å². The first-order chi connectivity index (χ1) is 12.3. The third kappa shape index (κ3) is 5.07. The van der Waals surface area contributed by atoms with Crippen molar-refractivity contribution in [3.63, 3.8) is 0 Å². The van der Waals surface area contributed by atoms with Crippen LogP contribution in [0.4, 0.5) is 5.69 Å². The molecule has 0 unspecified atom stereocenters. The maximum absolute atomic E-state index is 12.1. The van der Waals surface area contributed by atoms with E-state index in [4.69, 9.17) is 4.42 Å². The van der Waals surface area contributed by atoms with Crippen molar-refractivity contribution < 1.29 is 17.6 Å². The van der Waals surface area contributed by atoms with E-state index in [9.17, 15) is 13.2 Å². The van der Waals surface area contributed by atoms with Gasteiger partial charge in [0, 0.05) is 12.1 Å². The lowest BCUT2D eigenvalue weighted by atomic mass is 10.1. The number of nitrogens with zero attached hydrogens (tertiary/aromatic N) is 2. The van der Waals surface area contributed by atoms with Gasteiger partial charge in [0.05, 0.1) is 17.3 Å². The van der Waals surface area contributed by atoms with Gasteiger partial charge in [-0.3, -0.25) is 4.79 Å². The quantitative estimate of drug-likeness (QED) is 0.749. The number of aromatic nitrogens is 2. The van der Waals surface area contributed by atoms with Gasteiger partial charge in [0.1, 0.15) is 0 Å². The van der Waals surface area contributed by atoms with Crippen molar-refractivity contribution in [1.82, 2.24) is 10.2 Å². The molecule has 1 aromatic carbocycles. The highest BCUT2D eigenvalue weighted by Gasteiger charge is 2.29. The van der Waals surface area contributed by atoms with E-state index in [1.54, 1.807) is 0 Å². The topological polar surface area (TPSA) is 102 Å². The van der Waals surface area contributed by atoms with Gasteiger partial charge >= 0.3 is 0 Å². The Balaban J connectivity index is 1.49. The molecule has 9 heteroatoms. The zero-order chi connectivity index (χ0) is 18.7.